The molecule has 0 fully saturated rings. The van der Waals surface area contributed by atoms with Crippen molar-refractivity contribution in [2.75, 3.05) is 12.3 Å². The molecule has 1 aromatic rings. The third-order valence-electron chi connectivity index (χ3n) is 3.98. The van der Waals surface area contributed by atoms with Crippen molar-refractivity contribution in [3.8, 4) is 0 Å². The number of amides is 3. The molecule has 10 nitrogen and oxygen atoms in total. The minimum atomic E-state index is -1.54. The van der Waals surface area contributed by atoms with Crippen LogP contribution in [0.2, 0.25) is 0 Å². The molecule has 1 aromatic carbocycles. The van der Waals surface area contributed by atoms with E-state index in [4.69, 9.17) is 10.8 Å². The first kappa shape index (κ1) is 24.4. The van der Waals surface area contributed by atoms with Gasteiger partial charge in [-0.1, -0.05) is 30.3 Å². The van der Waals surface area contributed by atoms with Gasteiger partial charge in [0.25, 0.3) is 0 Å². The summed E-state index contributed by atoms with van der Waals surface area (Å²) in [6.45, 7) is 0.898. The van der Waals surface area contributed by atoms with Crippen molar-refractivity contribution in [1.82, 2.24) is 16.0 Å². The van der Waals surface area contributed by atoms with Gasteiger partial charge in [-0.2, -0.15) is 12.6 Å². The molecule has 29 heavy (non-hydrogen) atoms. The zero-order chi connectivity index (χ0) is 22.0. The van der Waals surface area contributed by atoms with Crippen molar-refractivity contribution >= 4 is 36.3 Å². The number of carboxylic acids is 1. The summed E-state index contributed by atoms with van der Waals surface area (Å²) in [4.78, 5) is 47.8. The molecule has 0 heterocycles. The zero-order valence-electron chi connectivity index (χ0n) is 15.9. The summed E-state index contributed by atoms with van der Waals surface area (Å²) in [6.07, 6.45) is -1.19. The molecule has 7 N–H and O–H groups in total. The Balaban J connectivity index is 2.89. The van der Waals surface area contributed by atoms with Crippen LogP contribution in [0.1, 0.15) is 12.5 Å². The highest BCUT2D eigenvalue weighted by molar-refractivity contribution is 7.80. The number of hydrogen-bond donors (Lipinski definition) is 7. The number of aliphatic hydroxyl groups excluding tert-OH is 1. The maximum atomic E-state index is 12.7. The van der Waals surface area contributed by atoms with E-state index in [9.17, 15) is 24.3 Å². The van der Waals surface area contributed by atoms with Crippen molar-refractivity contribution in [3.63, 3.8) is 0 Å². The van der Waals surface area contributed by atoms with Crippen LogP contribution in [0.15, 0.2) is 30.3 Å². The van der Waals surface area contributed by atoms with Crippen LogP contribution in [0.5, 0.6) is 0 Å². The lowest BCUT2D eigenvalue weighted by molar-refractivity contribution is -0.145. The van der Waals surface area contributed by atoms with Crippen molar-refractivity contribution in [2.45, 2.75) is 37.6 Å². The van der Waals surface area contributed by atoms with Crippen LogP contribution in [0.25, 0.3) is 0 Å². The highest BCUT2D eigenvalue weighted by atomic mass is 32.1. The molecule has 0 aliphatic carbocycles. The van der Waals surface area contributed by atoms with Crippen LogP contribution in [-0.4, -0.2) is 70.4 Å². The van der Waals surface area contributed by atoms with E-state index in [1.54, 1.807) is 30.3 Å². The van der Waals surface area contributed by atoms with E-state index in [2.05, 4.69) is 28.6 Å². The first-order chi connectivity index (χ1) is 13.7. The van der Waals surface area contributed by atoms with Crippen LogP contribution in [0, 0.1) is 0 Å². The Morgan fingerprint density at radius 1 is 1.03 bits per heavy atom. The third-order valence-corrected chi connectivity index (χ3v) is 4.35. The number of aliphatic carboxylic acids is 1. The second-order valence-corrected chi connectivity index (χ2v) is 6.69. The van der Waals surface area contributed by atoms with Gasteiger partial charge in [-0.3, -0.25) is 14.4 Å². The smallest absolute Gasteiger partial charge is 0.328 e. The van der Waals surface area contributed by atoms with Gasteiger partial charge in [0.05, 0.1) is 12.6 Å². The van der Waals surface area contributed by atoms with Gasteiger partial charge in [-0.05, 0) is 12.5 Å². The number of aliphatic hydroxyl groups is 1. The number of hydrogen-bond acceptors (Lipinski definition) is 7. The number of nitrogens with one attached hydrogen (secondary N) is 3. The number of thiol groups is 1. The SMILES string of the molecule is CC(O)C(NC(=O)C(CS)NC(=O)C(Cc1ccccc1)NC(=O)CN)C(=O)O. The van der Waals surface area contributed by atoms with Crippen LogP contribution in [0.3, 0.4) is 0 Å². The maximum Gasteiger partial charge on any atom is 0.328 e. The fraction of sp³-hybridized carbons (Fsp3) is 0.444. The Bertz CT molecular complexity index is 716. The molecule has 3 amide bonds. The van der Waals surface area contributed by atoms with Crippen molar-refractivity contribution in [1.29, 1.82) is 0 Å². The number of rotatable bonds is 11. The summed E-state index contributed by atoms with van der Waals surface area (Å²) in [6, 6.07) is 5.19. The number of carbonyl (C=O) groups is 4. The summed E-state index contributed by atoms with van der Waals surface area (Å²) in [7, 11) is 0. The monoisotopic (exact) mass is 426 g/mol. The van der Waals surface area contributed by atoms with Crippen LogP contribution >= 0.6 is 12.6 Å². The zero-order valence-corrected chi connectivity index (χ0v) is 16.8. The molecule has 0 aliphatic rings. The van der Waals surface area contributed by atoms with E-state index in [-0.39, 0.29) is 18.7 Å². The van der Waals surface area contributed by atoms with Gasteiger partial charge in [-0.25, -0.2) is 4.79 Å². The second-order valence-electron chi connectivity index (χ2n) is 6.32. The van der Waals surface area contributed by atoms with E-state index in [0.717, 1.165) is 5.56 Å². The average molecular weight is 426 g/mol. The topological polar surface area (TPSA) is 171 Å². The molecule has 0 aromatic heterocycles. The van der Waals surface area contributed by atoms with Crippen molar-refractivity contribution in [2.24, 2.45) is 5.73 Å². The van der Waals surface area contributed by atoms with Gasteiger partial charge in [-0.15, -0.1) is 0 Å². The Kier molecular flexibility index (Phi) is 10.1. The largest absolute Gasteiger partial charge is 0.480 e. The minimum Gasteiger partial charge on any atom is -0.480 e. The summed E-state index contributed by atoms with van der Waals surface area (Å²) < 4.78 is 0. The number of benzene rings is 1. The Morgan fingerprint density at radius 3 is 2.10 bits per heavy atom. The van der Waals surface area contributed by atoms with Gasteiger partial charge in [0.15, 0.2) is 6.04 Å². The summed E-state index contributed by atoms with van der Waals surface area (Å²) >= 11 is 4.02. The lowest BCUT2D eigenvalue weighted by Crippen LogP contribution is -2.58. The summed E-state index contributed by atoms with van der Waals surface area (Å²) in [5.74, 6) is -3.59. The average Bonchev–Trinajstić information content (AvgIpc) is 2.69. The fourth-order valence-corrected chi connectivity index (χ4v) is 2.68. The van der Waals surface area contributed by atoms with E-state index in [0.29, 0.717) is 0 Å². The van der Waals surface area contributed by atoms with Gasteiger partial charge in [0.2, 0.25) is 17.7 Å². The number of carboxylic acid groups (broad SMARTS) is 1. The second kappa shape index (κ2) is 12.0. The number of nitrogens with two attached hydrogens (primary N) is 1. The van der Waals surface area contributed by atoms with E-state index >= 15 is 0 Å². The molecule has 11 heteroatoms. The minimum absolute atomic E-state index is 0.132. The molecule has 0 spiro atoms. The van der Waals surface area contributed by atoms with Gasteiger partial charge in [0, 0.05) is 12.2 Å². The van der Waals surface area contributed by atoms with Gasteiger partial charge in [0.1, 0.15) is 12.1 Å². The first-order valence-electron chi connectivity index (χ1n) is 8.85. The van der Waals surface area contributed by atoms with Crippen LogP contribution in [0.4, 0.5) is 0 Å². The van der Waals surface area contributed by atoms with E-state index in [1.807, 2.05) is 0 Å². The van der Waals surface area contributed by atoms with Crippen molar-refractivity contribution in [3.05, 3.63) is 35.9 Å². The quantitative estimate of drug-likeness (QED) is 0.201. The lowest BCUT2D eigenvalue weighted by Gasteiger charge is -2.24. The first-order valence-corrected chi connectivity index (χ1v) is 9.48. The van der Waals surface area contributed by atoms with E-state index in [1.165, 1.54) is 6.92 Å². The molecule has 4 unspecified atom stereocenters. The Hall–Kier alpha value is -2.63. The molecular formula is C18H26N4O6S. The molecule has 0 bridgehead atoms. The maximum absolute atomic E-state index is 12.7. The molecule has 160 valence electrons. The van der Waals surface area contributed by atoms with Gasteiger partial charge < -0.3 is 31.9 Å². The lowest BCUT2D eigenvalue weighted by atomic mass is 10.0. The van der Waals surface area contributed by atoms with Gasteiger partial charge >= 0.3 is 5.97 Å². The summed E-state index contributed by atoms with van der Waals surface area (Å²) in [5.41, 5.74) is 6.08. The molecule has 0 aliphatic heterocycles. The highest BCUT2D eigenvalue weighted by Gasteiger charge is 2.30. The Labute approximate surface area is 173 Å². The molecular weight excluding hydrogens is 400 g/mol. The molecule has 0 saturated heterocycles. The molecule has 0 saturated carbocycles. The van der Waals surface area contributed by atoms with Crippen LogP contribution in [-0.2, 0) is 25.6 Å². The summed E-state index contributed by atoms with van der Waals surface area (Å²) in [5, 5.41) is 25.6. The Morgan fingerprint density at radius 2 is 1.62 bits per heavy atom. The molecule has 1 rings (SSSR count). The molecule has 4 atom stereocenters. The molecule has 0 radical (unpaired) electrons. The number of carbonyl (C=O) groups excluding carboxylic acids is 3. The normalized spacial score (nSPS) is 14.8. The predicted octanol–water partition coefficient (Wildman–Crippen LogP) is -1.96. The fourth-order valence-electron chi connectivity index (χ4n) is 2.42. The predicted molar refractivity (Wildman–Crippen MR) is 108 cm³/mol. The standard InChI is InChI=1S/C18H26N4O6S/c1-10(23)15(18(27)28)22-17(26)13(9-29)21-16(25)12(20-14(24)8-19)7-11-5-3-2-4-6-11/h2-6,10,12-13,15,23,29H,7-9,19H2,1H3,(H,20,24)(H,21,25)(H,22,26)(H,27,28). The highest BCUT2D eigenvalue weighted by Crippen LogP contribution is 2.05. The third kappa shape index (κ3) is 8.10. The van der Waals surface area contributed by atoms with Crippen molar-refractivity contribution < 1.29 is 29.4 Å². The van der Waals surface area contributed by atoms with E-state index < -0.39 is 47.9 Å². The van der Waals surface area contributed by atoms with Crippen LogP contribution < -0.4 is 21.7 Å².